The Kier molecular flexibility index (Phi) is 11.7. The van der Waals surface area contributed by atoms with Crippen molar-refractivity contribution in [2.45, 2.75) is 40.0 Å². The van der Waals surface area contributed by atoms with Gasteiger partial charge in [-0.05, 0) is 0 Å². The molecule has 1 aliphatic carbocycles. The van der Waals surface area contributed by atoms with Crippen molar-refractivity contribution in [1.29, 1.82) is 0 Å². The summed E-state index contributed by atoms with van der Waals surface area (Å²) in [5.74, 6) is 1.69. The van der Waals surface area contributed by atoms with Gasteiger partial charge in [0.05, 0.1) is 0 Å². The largest absolute Gasteiger partial charge is 2.00 e. The van der Waals surface area contributed by atoms with Crippen molar-refractivity contribution in [3.63, 3.8) is 0 Å². The normalized spacial score (nSPS) is 16.3. The Hall–Kier alpha value is 0.584. The molecule has 0 N–H and O–H groups in total. The van der Waals surface area contributed by atoms with Crippen LogP contribution in [0, 0.1) is 12.3 Å². The first-order valence-electron chi connectivity index (χ1n) is 3.36. The molecule has 0 unspecified atom stereocenters. The minimum Gasteiger partial charge on any atom is -0.335 e. The van der Waals surface area contributed by atoms with Crippen LogP contribution in [-0.4, -0.2) is 0 Å². The Labute approximate surface area is 71.3 Å². The van der Waals surface area contributed by atoms with Gasteiger partial charge in [-0.25, -0.2) is 0 Å². The minimum atomic E-state index is 0. The van der Waals surface area contributed by atoms with Crippen molar-refractivity contribution < 1.29 is 18.6 Å². The molecule has 0 aromatic rings. The zero-order valence-corrected chi connectivity index (χ0v) is 8.04. The molecular formula is C8H16V. The SMILES string of the molecule is C[C-]1CCC1.C[CH-]C.[V+2]. The van der Waals surface area contributed by atoms with Crippen LogP contribution in [0.4, 0.5) is 0 Å². The van der Waals surface area contributed by atoms with Gasteiger partial charge < -0.3 is 12.3 Å². The third-order valence-corrected chi connectivity index (χ3v) is 1.21. The summed E-state index contributed by atoms with van der Waals surface area (Å²) in [4.78, 5) is 0. The maximum atomic E-state index is 2.23. The maximum absolute atomic E-state index is 2.23. The molecule has 1 saturated carbocycles. The molecule has 0 atom stereocenters. The van der Waals surface area contributed by atoms with Gasteiger partial charge in [0, 0.05) is 0 Å². The van der Waals surface area contributed by atoms with Crippen LogP contribution in [0.5, 0.6) is 0 Å². The van der Waals surface area contributed by atoms with Crippen LogP contribution in [0.25, 0.3) is 0 Å². The summed E-state index contributed by atoms with van der Waals surface area (Å²) in [7, 11) is 0. The molecular weight excluding hydrogens is 147 g/mol. The van der Waals surface area contributed by atoms with E-state index < -0.39 is 0 Å². The molecule has 1 rings (SSSR count). The van der Waals surface area contributed by atoms with E-state index in [1.54, 1.807) is 5.92 Å². The van der Waals surface area contributed by atoms with Crippen molar-refractivity contribution in [2.24, 2.45) is 0 Å². The molecule has 0 spiro atoms. The molecule has 53 valence electrons. The Morgan fingerprint density at radius 2 is 1.44 bits per heavy atom. The third-order valence-electron chi connectivity index (χ3n) is 1.21. The van der Waals surface area contributed by atoms with Gasteiger partial charge in [-0.2, -0.15) is 33.6 Å². The molecule has 9 heavy (non-hydrogen) atoms. The molecule has 0 saturated heterocycles. The number of hydrogen-bond donors (Lipinski definition) is 0. The van der Waals surface area contributed by atoms with Crippen molar-refractivity contribution in [3.8, 4) is 0 Å². The van der Waals surface area contributed by atoms with Gasteiger partial charge in [-0.3, -0.25) is 0 Å². The molecule has 1 fully saturated rings. The van der Waals surface area contributed by atoms with Gasteiger partial charge in [-0.15, -0.1) is 6.42 Å². The van der Waals surface area contributed by atoms with Crippen LogP contribution in [-0.2, 0) is 18.6 Å². The van der Waals surface area contributed by atoms with Crippen LogP contribution in [0.1, 0.15) is 40.0 Å². The summed E-state index contributed by atoms with van der Waals surface area (Å²) in [6, 6.07) is 0. The summed E-state index contributed by atoms with van der Waals surface area (Å²) < 4.78 is 0. The fourth-order valence-corrected chi connectivity index (χ4v) is 0.530. The molecule has 1 radical (unpaired) electrons. The monoisotopic (exact) mass is 163 g/mol. The Morgan fingerprint density at radius 1 is 1.22 bits per heavy atom. The molecule has 0 aromatic carbocycles. The number of rotatable bonds is 0. The zero-order valence-electron chi connectivity index (χ0n) is 6.65. The van der Waals surface area contributed by atoms with Gasteiger partial charge in [0.25, 0.3) is 0 Å². The first-order chi connectivity index (χ1) is 3.81. The Balaban J connectivity index is 0. The van der Waals surface area contributed by atoms with Crippen molar-refractivity contribution in [1.82, 2.24) is 0 Å². The molecule has 0 bridgehead atoms. The van der Waals surface area contributed by atoms with Crippen LogP contribution < -0.4 is 0 Å². The zero-order chi connectivity index (χ0) is 6.41. The van der Waals surface area contributed by atoms with E-state index >= 15 is 0 Å². The van der Waals surface area contributed by atoms with Gasteiger partial charge in [0.15, 0.2) is 0 Å². The first-order valence-corrected chi connectivity index (χ1v) is 3.36. The van der Waals surface area contributed by atoms with Crippen LogP contribution in [0.3, 0.4) is 0 Å². The smallest absolute Gasteiger partial charge is 0.335 e. The molecule has 0 nitrogen and oxygen atoms in total. The van der Waals surface area contributed by atoms with Gasteiger partial charge in [0.1, 0.15) is 0 Å². The second-order valence-electron chi connectivity index (χ2n) is 2.39. The van der Waals surface area contributed by atoms with E-state index in [4.69, 9.17) is 0 Å². The van der Waals surface area contributed by atoms with Gasteiger partial charge >= 0.3 is 18.6 Å². The summed E-state index contributed by atoms with van der Waals surface area (Å²) in [6.45, 7) is 6.23. The summed E-state index contributed by atoms with van der Waals surface area (Å²) in [5, 5.41) is 0. The number of hydrogen-bond acceptors (Lipinski definition) is 0. The molecule has 1 aliphatic rings. The second-order valence-corrected chi connectivity index (χ2v) is 2.39. The molecule has 0 heterocycles. The first kappa shape index (κ1) is 12.3. The van der Waals surface area contributed by atoms with E-state index in [2.05, 4.69) is 6.92 Å². The average Bonchev–Trinajstić information content (AvgIpc) is 1.64. The quantitative estimate of drug-likeness (QED) is 0.481. The average molecular weight is 163 g/mol. The van der Waals surface area contributed by atoms with Crippen LogP contribution in [0.15, 0.2) is 0 Å². The predicted molar refractivity (Wildman–Crippen MR) is 38.4 cm³/mol. The summed E-state index contributed by atoms with van der Waals surface area (Å²) in [6.07, 6.45) is 6.26. The maximum Gasteiger partial charge on any atom is 2.00 e. The predicted octanol–water partition coefficient (Wildman–Crippen LogP) is 2.99. The van der Waals surface area contributed by atoms with Crippen molar-refractivity contribution in [3.05, 3.63) is 12.3 Å². The molecule has 1 heteroatoms. The Bertz CT molecular complexity index is 39.8. The van der Waals surface area contributed by atoms with Gasteiger partial charge in [0.2, 0.25) is 0 Å². The van der Waals surface area contributed by atoms with Gasteiger partial charge in [-0.1, -0.05) is 0 Å². The minimum absolute atomic E-state index is 0. The van der Waals surface area contributed by atoms with E-state index in [9.17, 15) is 0 Å². The van der Waals surface area contributed by atoms with E-state index in [1.165, 1.54) is 19.3 Å². The second kappa shape index (κ2) is 8.58. The topological polar surface area (TPSA) is 0 Å². The molecule has 0 aliphatic heterocycles. The van der Waals surface area contributed by atoms with E-state index in [0.717, 1.165) is 0 Å². The van der Waals surface area contributed by atoms with Crippen LogP contribution in [0.2, 0.25) is 0 Å². The van der Waals surface area contributed by atoms with E-state index in [1.807, 2.05) is 20.3 Å². The fraction of sp³-hybridized carbons (Fsp3) is 0.750. The summed E-state index contributed by atoms with van der Waals surface area (Å²) >= 11 is 0. The molecule has 0 aromatic heterocycles. The summed E-state index contributed by atoms with van der Waals surface area (Å²) in [5.41, 5.74) is 0. The van der Waals surface area contributed by atoms with Crippen LogP contribution >= 0.6 is 0 Å². The van der Waals surface area contributed by atoms with E-state index in [0.29, 0.717) is 0 Å². The Morgan fingerprint density at radius 3 is 1.44 bits per heavy atom. The third kappa shape index (κ3) is 8.58. The standard InChI is InChI=1S/C5H9.C3H7.V/c1-5-3-2-4-5;1-3-2;/h2-4H2,1H3;3H,1-2H3;/q2*-1;+2. The van der Waals surface area contributed by atoms with E-state index in [-0.39, 0.29) is 18.6 Å². The van der Waals surface area contributed by atoms with Crippen molar-refractivity contribution >= 4 is 0 Å². The molecule has 0 amide bonds. The fourth-order valence-electron chi connectivity index (χ4n) is 0.530. The van der Waals surface area contributed by atoms with Crippen molar-refractivity contribution in [2.75, 3.05) is 0 Å².